The molecule has 0 amide bonds. The van der Waals surface area contributed by atoms with E-state index in [0.29, 0.717) is 5.41 Å². The van der Waals surface area contributed by atoms with Gasteiger partial charge in [-0.3, -0.25) is 0 Å². The normalized spacial score (nSPS) is 21.9. The van der Waals surface area contributed by atoms with E-state index in [2.05, 4.69) is 46.9 Å². The molecule has 1 fully saturated rings. The summed E-state index contributed by atoms with van der Waals surface area (Å²) < 4.78 is 0. The first kappa shape index (κ1) is 14.0. The van der Waals surface area contributed by atoms with Crippen LogP contribution in [0.4, 0.5) is 0 Å². The molecule has 0 aliphatic heterocycles. The highest BCUT2D eigenvalue weighted by Crippen LogP contribution is 2.38. The molecule has 1 unspecified atom stereocenters. The lowest BCUT2D eigenvalue weighted by atomic mass is 9.81. The van der Waals surface area contributed by atoms with Crippen molar-refractivity contribution < 1.29 is 0 Å². The van der Waals surface area contributed by atoms with Crippen LogP contribution in [-0.4, -0.2) is 17.6 Å². The minimum Gasteiger partial charge on any atom is -0.324 e. The molecule has 1 atom stereocenters. The van der Waals surface area contributed by atoms with Crippen LogP contribution >= 0.6 is 0 Å². The molecule has 1 aliphatic carbocycles. The molecular weight excluding hydrogens is 196 g/mol. The average molecular weight is 226 g/mol. The fraction of sp³-hybridized carbons (Fsp3) is 1.00. The van der Waals surface area contributed by atoms with Gasteiger partial charge in [-0.25, -0.2) is 0 Å². The minimum atomic E-state index is -0.0187. The topological polar surface area (TPSA) is 38.0 Å². The average Bonchev–Trinajstić information content (AvgIpc) is 2.78. The molecule has 0 radical (unpaired) electrons. The van der Waals surface area contributed by atoms with Gasteiger partial charge >= 0.3 is 0 Å². The maximum absolute atomic E-state index is 6.33. The quantitative estimate of drug-likeness (QED) is 0.756. The third kappa shape index (κ3) is 4.84. The van der Waals surface area contributed by atoms with Gasteiger partial charge in [0.05, 0.1) is 0 Å². The zero-order chi connectivity index (χ0) is 12.6. The maximum Gasteiger partial charge on any atom is 0.0280 e. The molecule has 2 heteroatoms. The Labute approximate surface area is 101 Å². The summed E-state index contributed by atoms with van der Waals surface area (Å²) in [4.78, 5) is 0. The molecule has 2 nitrogen and oxygen atoms in total. The Kier molecular flexibility index (Phi) is 3.76. The Morgan fingerprint density at radius 2 is 1.56 bits per heavy atom. The van der Waals surface area contributed by atoms with Crippen molar-refractivity contribution in [3.05, 3.63) is 0 Å². The van der Waals surface area contributed by atoms with Crippen LogP contribution in [-0.2, 0) is 0 Å². The molecule has 0 aromatic heterocycles. The molecule has 0 heterocycles. The van der Waals surface area contributed by atoms with Gasteiger partial charge in [0.15, 0.2) is 0 Å². The summed E-state index contributed by atoms with van der Waals surface area (Å²) in [5, 5.41) is 3.65. The number of nitrogens with two attached hydrogens (primary N) is 1. The molecule has 0 bridgehead atoms. The number of hydrogen-bond donors (Lipinski definition) is 2. The highest BCUT2D eigenvalue weighted by molar-refractivity contribution is 4.98. The lowest BCUT2D eigenvalue weighted by molar-refractivity contribution is 0.222. The first-order valence-corrected chi connectivity index (χ1v) is 6.56. The van der Waals surface area contributed by atoms with E-state index in [1.807, 2.05) is 0 Å². The van der Waals surface area contributed by atoms with Gasteiger partial charge < -0.3 is 11.1 Å². The smallest absolute Gasteiger partial charge is 0.0280 e. The van der Waals surface area contributed by atoms with Gasteiger partial charge in [-0.1, -0.05) is 20.8 Å². The summed E-state index contributed by atoms with van der Waals surface area (Å²) >= 11 is 0. The molecule has 3 N–H and O–H groups in total. The van der Waals surface area contributed by atoms with Crippen molar-refractivity contribution in [3.63, 3.8) is 0 Å². The highest BCUT2D eigenvalue weighted by atomic mass is 15.0. The summed E-state index contributed by atoms with van der Waals surface area (Å²) in [5.41, 5.74) is 6.85. The zero-order valence-electron chi connectivity index (χ0n) is 12.0. The lowest BCUT2D eigenvalue weighted by Gasteiger charge is -2.37. The van der Waals surface area contributed by atoms with Crippen LogP contribution in [0.15, 0.2) is 0 Å². The van der Waals surface area contributed by atoms with Crippen LogP contribution in [0.3, 0.4) is 0 Å². The second kappa shape index (κ2) is 4.30. The van der Waals surface area contributed by atoms with Crippen LogP contribution < -0.4 is 11.1 Å². The van der Waals surface area contributed by atoms with E-state index in [1.165, 1.54) is 19.3 Å². The molecule has 0 aromatic carbocycles. The van der Waals surface area contributed by atoms with E-state index in [9.17, 15) is 0 Å². The number of hydrogen-bond acceptors (Lipinski definition) is 2. The monoisotopic (exact) mass is 226 g/mol. The van der Waals surface area contributed by atoms with Crippen molar-refractivity contribution in [2.24, 2.45) is 17.1 Å². The van der Waals surface area contributed by atoms with Crippen molar-refractivity contribution in [2.45, 2.75) is 71.9 Å². The largest absolute Gasteiger partial charge is 0.324 e. The standard InChI is InChI=1S/C14H30N2/c1-12(2,3)9-13(4,5)16-10-14(6,15)11-7-8-11/h11,16H,7-10,15H2,1-6H3. The lowest BCUT2D eigenvalue weighted by Crippen LogP contribution is -2.54. The van der Waals surface area contributed by atoms with Gasteiger partial charge in [-0.15, -0.1) is 0 Å². The van der Waals surface area contributed by atoms with Crippen molar-refractivity contribution >= 4 is 0 Å². The van der Waals surface area contributed by atoms with Crippen LogP contribution in [0.2, 0.25) is 0 Å². The fourth-order valence-corrected chi connectivity index (χ4v) is 2.71. The summed E-state index contributed by atoms with van der Waals surface area (Å²) in [6, 6.07) is 0. The fourth-order valence-electron chi connectivity index (χ4n) is 2.71. The summed E-state index contributed by atoms with van der Waals surface area (Å²) in [6.45, 7) is 14.5. The van der Waals surface area contributed by atoms with Gasteiger partial charge in [-0.05, 0) is 51.4 Å². The van der Waals surface area contributed by atoms with Gasteiger partial charge in [0, 0.05) is 17.6 Å². The first-order chi connectivity index (χ1) is 7.02. The molecular formula is C14H30N2. The van der Waals surface area contributed by atoms with Crippen LogP contribution in [0.5, 0.6) is 0 Å². The molecule has 1 rings (SSSR count). The van der Waals surface area contributed by atoms with Crippen LogP contribution in [0.25, 0.3) is 0 Å². The number of nitrogens with one attached hydrogen (secondary N) is 1. The van der Waals surface area contributed by atoms with Crippen LogP contribution in [0, 0.1) is 11.3 Å². The third-order valence-corrected chi connectivity index (χ3v) is 3.43. The SMILES string of the molecule is CC(C)(C)CC(C)(C)NCC(C)(N)C1CC1. The number of rotatable bonds is 5. The molecule has 1 saturated carbocycles. The second-order valence-electron chi connectivity index (χ2n) is 7.75. The molecule has 16 heavy (non-hydrogen) atoms. The Balaban J connectivity index is 2.40. The van der Waals surface area contributed by atoms with Crippen LogP contribution in [0.1, 0.15) is 60.8 Å². The minimum absolute atomic E-state index is 0.0187. The van der Waals surface area contributed by atoms with Gasteiger partial charge in [0.25, 0.3) is 0 Å². The van der Waals surface area contributed by atoms with Crippen molar-refractivity contribution in [1.29, 1.82) is 0 Å². The van der Waals surface area contributed by atoms with Gasteiger partial charge in [0.2, 0.25) is 0 Å². The Bertz CT molecular complexity index is 232. The highest BCUT2D eigenvalue weighted by Gasteiger charge is 2.39. The summed E-state index contributed by atoms with van der Waals surface area (Å²) in [5.74, 6) is 0.741. The van der Waals surface area contributed by atoms with Crippen molar-refractivity contribution in [1.82, 2.24) is 5.32 Å². The van der Waals surface area contributed by atoms with E-state index in [4.69, 9.17) is 5.73 Å². The van der Waals surface area contributed by atoms with Gasteiger partial charge in [-0.2, -0.15) is 0 Å². The summed E-state index contributed by atoms with van der Waals surface area (Å²) in [6.07, 6.45) is 3.80. The van der Waals surface area contributed by atoms with Crippen molar-refractivity contribution in [2.75, 3.05) is 6.54 Å². The predicted molar refractivity (Wildman–Crippen MR) is 71.5 cm³/mol. The molecule has 1 aliphatic rings. The maximum atomic E-state index is 6.33. The van der Waals surface area contributed by atoms with Gasteiger partial charge in [0.1, 0.15) is 0 Å². The Morgan fingerprint density at radius 3 is 1.94 bits per heavy atom. The molecule has 0 aromatic rings. The Hall–Kier alpha value is -0.0800. The first-order valence-electron chi connectivity index (χ1n) is 6.56. The molecule has 0 spiro atoms. The summed E-state index contributed by atoms with van der Waals surface area (Å²) in [7, 11) is 0. The Morgan fingerprint density at radius 1 is 1.06 bits per heavy atom. The zero-order valence-corrected chi connectivity index (χ0v) is 12.0. The van der Waals surface area contributed by atoms with E-state index >= 15 is 0 Å². The predicted octanol–water partition coefficient (Wildman–Crippen LogP) is 2.92. The third-order valence-electron chi connectivity index (χ3n) is 3.43. The van der Waals surface area contributed by atoms with E-state index < -0.39 is 0 Å². The van der Waals surface area contributed by atoms with E-state index in [-0.39, 0.29) is 11.1 Å². The molecule has 96 valence electrons. The van der Waals surface area contributed by atoms with E-state index in [1.54, 1.807) is 0 Å². The van der Waals surface area contributed by atoms with Crippen molar-refractivity contribution in [3.8, 4) is 0 Å². The van der Waals surface area contributed by atoms with E-state index in [0.717, 1.165) is 12.5 Å². The molecule has 0 saturated heterocycles. The second-order valence-corrected chi connectivity index (χ2v) is 7.75.